The van der Waals surface area contributed by atoms with Crippen molar-refractivity contribution in [1.82, 2.24) is 0 Å². The Labute approximate surface area is 139 Å². The quantitative estimate of drug-likeness (QED) is 0.531. The molecule has 21 heavy (non-hydrogen) atoms. The highest BCUT2D eigenvalue weighted by molar-refractivity contribution is 14.1. The van der Waals surface area contributed by atoms with Gasteiger partial charge in [0.25, 0.3) is 0 Å². The van der Waals surface area contributed by atoms with Crippen LogP contribution in [0.25, 0.3) is 21.4 Å². The lowest BCUT2D eigenvalue weighted by Crippen LogP contribution is -2.06. The van der Waals surface area contributed by atoms with Crippen molar-refractivity contribution >= 4 is 44.0 Å². The fourth-order valence-electron chi connectivity index (χ4n) is 3.00. The third kappa shape index (κ3) is 2.16. The smallest absolute Gasteiger partial charge is 0.345 e. The molecule has 0 fully saturated rings. The summed E-state index contributed by atoms with van der Waals surface area (Å²) >= 11 is 4.10. The van der Waals surface area contributed by atoms with Crippen LogP contribution < -0.4 is 5.63 Å². The summed E-state index contributed by atoms with van der Waals surface area (Å²) in [5.41, 5.74) is 2.03. The standard InChI is InChI=1S/C17H13IO2S/c18-14-15(10-6-2-1-3-7-10)20-17(19)13-11-8-4-5-9-12(11)21-16(13)14/h1-3,6-7H,4-5,8-9H2. The molecule has 4 rings (SSSR count). The number of halogens is 1. The lowest BCUT2D eigenvalue weighted by Gasteiger charge is -2.09. The minimum absolute atomic E-state index is 0.177. The van der Waals surface area contributed by atoms with E-state index in [0.29, 0.717) is 5.76 Å². The molecule has 2 heterocycles. The molecule has 4 heteroatoms. The van der Waals surface area contributed by atoms with Crippen LogP contribution in [0.2, 0.25) is 0 Å². The van der Waals surface area contributed by atoms with Gasteiger partial charge in [0.15, 0.2) is 5.76 Å². The molecule has 0 spiro atoms. The SMILES string of the molecule is O=c1oc(-c2ccccc2)c(I)c2sc3c(c12)CCCC3. The number of fused-ring (bicyclic) bond motifs is 3. The van der Waals surface area contributed by atoms with E-state index in [1.54, 1.807) is 11.3 Å². The molecule has 0 unspecified atom stereocenters. The molecule has 3 aromatic rings. The van der Waals surface area contributed by atoms with Crippen LogP contribution in [0.1, 0.15) is 23.3 Å². The maximum absolute atomic E-state index is 12.5. The van der Waals surface area contributed by atoms with Crippen LogP contribution in [0.3, 0.4) is 0 Å². The summed E-state index contributed by atoms with van der Waals surface area (Å²) < 4.78 is 7.85. The van der Waals surface area contributed by atoms with E-state index in [0.717, 1.165) is 32.1 Å². The molecule has 0 aliphatic heterocycles. The summed E-state index contributed by atoms with van der Waals surface area (Å²) in [6.45, 7) is 0. The highest BCUT2D eigenvalue weighted by Crippen LogP contribution is 2.39. The Hall–Kier alpha value is -1.14. The average Bonchev–Trinajstić information content (AvgIpc) is 2.92. The predicted molar refractivity (Wildman–Crippen MR) is 95.2 cm³/mol. The Balaban J connectivity index is 2.05. The van der Waals surface area contributed by atoms with E-state index < -0.39 is 0 Å². The Morgan fingerprint density at radius 2 is 1.86 bits per heavy atom. The van der Waals surface area contributed by atoms with Gasteiger partial charge in [-0.05, 0) is 53.8 Å². The lowest BCUT2D eigenvalue weighted by atomic mass is 9.97. The van der Waals surface area contributed by atoms with Gasteiger partial charge in [-0.15, -0.1) is 11.3 Å². The van der Waals surface area contributed by atoms with E-state index in [-0.39, 0.29) is 5.63 Å². The van der Waals surface area contributed by atoms with Gasteiger partial charge in [0.1, 0.15) is 0 Å². The predicted octanol–water partition coefficient (Wildman–Crippen LogP) is 5.00. The molecule has 0 atom stereocenters. The topological polar surface area (TPSA) is 30.2 Å². The summed E-state index contributed by atoms with van der Waals surface area (Å²) in [5, 5.41) is 0.832. The average molecular weight is 408 g/mol. The van der Waals surface area contributed by atoms with Gasteiger partial charge in [0.05, 0.1) is 13.7 Å². The largest absolute Gasteiger partial charge is 0.421 e. The first kappa shape index (κ1) is 13.5. The Morgan fingerprint density at radius 3 is 2.67 bits per heavy atom. The lowest BCUT2D eigenvalue weighted by molar-refractivity contribution is 0.531. The molecule has 2 aromatic heterocycles. The second kappa shape index (κ2) is 5.25. The molecular formula is C17H13IO2S. The van der Waals surface area contributed by atoms with Crippen LogP contribution >= 0.6 is 33.9 Å². The zero-order valence-electron chi connectivity index (χ0n) is 11.3. The van der Waals surface area contributed by atoms with Gasteiger partial charge in [-0.2, -0.15) is 0 Å². The monoisotopic (exact) mass is 408 g/mol. The zero-order chi connectivity index (χ0) is 14.4. The third-order valence-electron chi connectivity index (χ3n) is 4.00. The molecule has 0 saturated carbocycles. The second-order valence-corrected chi connectivity index (χ2v) is 7.50. The van der Waals surface area contributed by atoms with Gasteiger partial charge in [0, 0.05) is 10.4 Å². The van der Waals surface area contributed by atoms with Crippen molar-refractivity contribution in [3.05, 3.63) is 54.8 Å². The van der Waals surface area contributed by atoms with Crippen molar-refractivity contribution < 1.29 is 4.42 Å². The minimum atomic E-state index is -0.177. The zero-order valence-corrected chi connectivity index (χ0v) is 14.3. The number of rotatable bonds is 1. The minimum Gasteiger partial charge on any atom is -0.421 e. The molecule has 0 bridgehead atoms. The normalized spacial score (nSPS) is 14.3. The summed E-state index contributed by atoms with van der Waals surface area (Å²) in [6, 6.07) is 9.88. The molecule has 106 valence electrons. The van der Waals surface area contributed by atoms with Gasteiger partial charge < -0.3 is 4.42 Å². The Morgan fingerprint density at radius 1 is 1.10 bits per heavy atom. The van der Waals surface area contributed by atoms with Crippen LogP contribution in [0.5, 0.6) is 0 Å². The summed E-state index contributed by atoms with van der Waals surface area (Å²) in [5.74, 6) is 0.701. The van der Waals surface area contributed by atoms with Gasteiger partial charge >= 0.3 is 5.63 Å². The number of hydrogen-bond donors (Lipinski definition) is 0. The molecular weight excluding hydrogens is 395 g/mol. The van der Waals surface area contributed by atoms with Crippen molar-refractivity contribution in [1.29, 1.82) is 0 Å². The van der Waals surface area contributed by atoms with Crippen molar-refractivity contribution in [3.63, 3.8) is 0 Å². The van der Waals surface area contributed by atoms with Crippen LogP contribution in [-0.2, 0) is 12.8 Å². The highest BCUT2D eigenvalue weighted by Gasteiger charge is 2.23. The van der Waals surface area contributed by atoms with Crippen LogP contribution in [-0.4, -0.2) is 0 Å². The van der Waals surface area contributed by atoms with Crippen LogP contribution in [0, 0.1) is 3.57 Å². The molecule has 2 nitrogen and oxygen atoms in total. The fourth-order valence-corrected chi connectivity index (χ4v) is 5.34. The fraction of sp³-hybridized carbons (Fsp3) is 0.235. The molecule has 1 aliphatic rings. The van der Waals surface area contributed by atoms with E-state index in [2.05, 4.69) is 22.6 Å². The maximum Gasteiger partial charge on any atom is 0.345 e. The van der Waals surface area contributed by atoms with E-state index in [1.165, 1.54) is 23.3 Å². The first-order chi connectivity index (χ1) is 10.3. The van der Waals surface area contributed by atoms with Crippen LogP contribution in [0.4, 0.5) is 0 Å². The molecule has 0 radical (unpaired) electrons. The maximum atomic E-state index is 12.5. The summed E-state index contributed by atoms with van der Waals surface area (Å²) in [7, 11) is 0. The van der Waals surface area contributed by atoms with Gasteiger partial charge in [-0.3, -0.25) is 0 Å². The summed E-state index contributed by atoms with van der Waals surface area (Å²) in [6.07, 6.45) is 4.52. The summed E-state index contributed by atoms with van der Waals surface area (Å²) in [4.78, 5) is 13.9. The van der Waals surface area contributed by atoms with Gasteiger partial charge in [-0.1, -0.05) is 30.3 Å². The van der Waals surface area contributed by atoms with E-state index >= 15 is 0 Å². The molecule has 1 aromatic carbocycles. The first-order valence-electron chi connectivity index (χ1n) is 7.08. The van der Waals surface area contributed by atoms with E-state index in [1.807, 2.05) is 30.3 Å². The molecule has 0 N–H and O–H groups in total. The Bertz CT molecular complexity index is 877. The van der Waals surface area contributed by atoms with Gasteiger partial charge in [0.2, 0.25) is 0 Å². The number of hydrogen-bond acceptors (Lipinski definition) is 3. The van der Waals surface area contributed by atoms with Gasteiger partial charge in [-0.25, -0.2) is 4.79 Å². The van der Waals surface area contributed by atoms with Crippen LogP contribution in [0.15, 0.2) is 39.5 Å². The Kier molecular flexibility index (Phi) is 3.38. The molecule has 0 saturated heterocycles. The van der Waals surface area contributed by atoms with E-state index in [4.69, 9.17) is 4.42 Å². The second-order valence-electron chi connectivity index (χ2n) is 5.31. The molecule has 1 aliphatic carbocycles. The number of benzene rings is 1. The first-order valence-corrected chi connectivity index (χ1v) is 8.97. The number of aryl methyl sites for hydroxylation is 2. The highest BCUT2D eigenvalue weighted by atomic mass is 127. The van der Waals surface area contributed by atoms with Crippen molar-refractivity contribution in [2.24, 2.45) is 0 Å². The van der Waals surface area contributed by atoms with E-state index in [9.17, 15) is 4.79 Å². The molecule has 0 amide bonds. The third-order valence-corrected chi connectivity index (χ3v) is 6.71. The number of thiophene rings is 1. The van der Waals surface area contributed by atoms with Crippen molar-refractivity contribution in [2.75, 3.05) is 0 Å². The van der Waals surface area contributed by atoms with Crippen molar-refractivity contribution in [2.45, 2.75) is 25.7 Å². The van der Waals surface area contributed by atoms with Crippen molar-refractivity contribution in [3.8, 4) is 11.3 Å².